The minimum Gasteiger partial charge on any atom is -0.273 e. The van der Waals surface area contributed by atoms with Gasteiger partial charge in [0.25, 0.3) is 0 Å². The summed E-state index contributed by atoms with van der Waals surface area (Å²) in [5.74, 6) is 0. The van der Waals surface area contributed by atoms with Crippen LogP contribution in [0.15, 0.2) is 143 Å². The monoisotopic (exact) mass is 530 g/mol. The van der Waals surface area contributed by atoms with Crippen molar-refractivity contribution < 1.29 is 0 Å². The summed E-state index contributed by atoms with van der Waals surface area (Å²) in [5, 5.41) is 0. The number of pyridine rings is 3. The van der Waals surface area contributed by atoms with Crippen molar-refractivity contribution in [1.29, 1.82) is 0 Å². The lowest BCUT2D eigenvalue weighted by atomic mass is 9.96. The van der Waals surface area contributed by atoms with Crippen molar-refractivity contribution in [1.82, 2.24) is 15.0 Å². The molecule has 0 saturated carbocycles. The third-order valence-electron chi connectivity index (χ3n) is 6.76. The van der Waals surface area contributed by atoms with Crippen molar-refractivity contribution in [3.05, 3.63) is 156 Å². The van der Waals surface area contributed by atoms with Gasteiger partial charge in [0, 0.05) is 58.8 Å². The number of para-hydroxylation sites is 2. The molecule has 0 amide bonds. The van der Waals surface area contributed by atoms with Crippen LogP contribution in [0.2, 0.25) is 0 Å². The fraction of sp³-hybridized carbons (Fsp3) is 0.0286. The number of allylic oxidation sites excluding steroid dienone is 3. The summed E-state index contributed by atoms with van der Waals surface area (Å²) in [6.07, 6.45) is 12.8. The van der Waals surface area contributed by atoms with Crippen molar-refractivity contribution in [2.24, 2.45) is 15.0 Å². The van der Waals surface area contributed by atoms with E-state index in [9.17, 15) is 0 Å². The Morgan fingerprint density at radius 3 is 1.90 bits per heavy atom. The molecular weight excluding hydrogens is 504 g/mol. The summed E-state index contributed by atoms with van der Waals surface area (Å²) >= 11 is 0. The molecule has 0 aliphatic carbocycles. The first-order chi connectivity index (χ1) is 20.2. The predicted molar refractivity (Wildman–Crippen MR) is 168 cm³/mol. The Hall–Kier alpha value is -5.62. The number of hydrogen-bond donors (Lipinski definition) is 0. The van der Waals surface area contributed by atoms with Crippen molar-refractivity contribution in [3.63, 3.8) is 0 Å². The Labute approximate surface area is 239 Å². The lowest BCUT2D eigenvalue weighted by molar-refractivity contribution is 1.25. The number of hydrogen-bond acceptors (Lipinski definition) is 6. The van der Waals surface area contributed by atoms with Gasteiger partial charge in [-0.3, -0.25) is 19.9 Å². The number of nitrogens with zero attached hydrogens (tertiary/aromatic N) is 6. The van der Waals surface area contributed by atoms with E-state index in [1.54, 1.807) is 12.4 Å². The molecule has 6 heteroatoms. The summed E-state index contributed by atoms with van der Waals surface area (Å²) in [5.41, 5.74) is 10.7. The van der Waals surface area contributed by atoms with Gasteiger partial charge in [-0.05, 0) is 73.8 Å². The Morgan fingerprint density at radius 2 is 1.34 bits per heavy atom. The summed E-state index contributed by atoms with van der Waals surface area (Å²) < 4.78 is 0. The minimum absolute atomic E-state index is 0.817. The van der Waals surface area contributed by atoms with E-state index in [1.165, 1.54) is 0 Å². The van der Waals surface area contributed by atoms with Crippen molar-refractivity contribution in [3.8, 4) is 11.3 Å². The van der Waals surface area contributed by atoms with Crippen LogP contribution in [0, 0.1) is 0 Å². The maximum absolute atomic E-state index is 5.21. The molecule has 5 aromatic rings. The SMILES string of the molecule is C=N/C=C\C=C(/C)c1ccc(/C2=N/c3ccccc3/C(c3ccc(-c4cccnc4)nc3)=N\c3ccccc32)cn1. The second kappa shape index (κ2) is 11.6. The van der Waals surface area contributed by atoms with Gasteiger partial charge >= 0.3 is 0 Å². The molecule has 4 heterocycles. The maximum atomic E-state index is 5.21. The van der Waals surface area contributed by atoms with E-state index in [4.69, 9.17) is 20.0 Å². The largest absolute Gasteiger partial charge is 0.273 e. The smallest absolute Gasteiger partial charge is 0.0819 e. The maximum Gasteiger partial charge on any atom is 0.0819 e. The zero-order valence-electron chi connectivity index (χ0n) is 22.5. The van der Waals surface area contributed by atoms with E-state index < -0.39 is 0 Å². The highest BCUT2D eigenvalue weighted by Crippen LogP contribution is 2.33. The molecule has 0 unspecified atom stereocenters. The fourth-order valence-electron chi connectivity index (χ4n) is 4.66. The van der Waals surface area contributed by atoms with Crippen LogP contribution in [0.5, 0.6) is 0 Å². The van der Waals surface area contributed by atoms with Crippen LogP contribution in [-0.4, -0.2) is 33.1 Å². The van der Waals surface area contributed by atoms with Crippen molar-refractivity contribution >= 4 is 35.1 Å². The molecule has 0 saturated heterocycles. The average molecular weight is 531 g/mol. The molecule has 41 heavy (non-hydrogen) atoms. The first-order valence-electron chi connectivity index (χ1n) is 13.2. The third-order valence-corrected chi connectivity index (χ3v) is 6.76. The van der Waals surface area contributed by atoms with E-state index in [2.05, 4.69) is 41.0 Å². The van der Waals surface area contributed by atoms with E-state index in [0.29, 0.717) is 0 Å². The topological polar surface area (TPSA) is 75.8 Å². The molecule has 196 valence electrons. The molecule has 3 aromatic heterocycles. The number of aromatic nitrogens is 3. The van der Waals surface area contributed by atoms with Crippen molar-refractivity contribution in [2.45, 2.75) is 6.92 Å². The Balaban J connectivity index is 1.44. The van der Waals surface area contributed by atoms with Gasteiger partial charge in [-0.15, -0.1) is 0 Å². The Bertz CT molecular complexity index is 1830. The second-order valence-corrected chi connectivity index (χ2v) is 9.43. The fourth-order valence-corrected chi connectivity index (χ4v) is 4.66. The van der Waals surface area contributed by atoms with Gasteiger partial charge in [0.1, 0.15) is 0 Å². The van der Waals surface area contributed by atoms with Crippen molar-refractivity contribution in [2.75, 3.05) is 0 Å². The zero-order chi connectivity index (χ0) is 28.0. The molecule has 6 rings (SSSR count). The molecule has 2 aromatic carbocycles. The minimum atomic E-state index is 0.817. The van der Waals surface area contributed by atoms with E-state index in [1.807, 2.05) is 98.3 Å². The molecule has 0 bridgehead atoms. The van der Waals surface area contributed by atoms with Gasteiger partial charge < -0.3 is 0 Å². The first kappa shape index (κ1) is 25.6. The third kappa shape index (κ3) is 5.44. The summed E-state index contributed by atoms with van der Waals surface area (Å²) in [7, 11) is 0. The average Bonchev–Trinajstić information content (AvgIpc) is 3.03. The molecule has 0 radical (unpaired) electrons. The first-order valence-corrected chi connectivity index (χ1v) is 13.2. The molecular formula is C35H26N6. The summed E-state index contributed by atoms with van der Waals surface area (Å²) in [4.78, 5) is 27.8. The van der Waals surface area contributed by atoms with Crippen LogP contribution in [0.1, 0.15) is 34.9 Å². The molecule has 0 atom stereocenters. The van der Waals surface area contributed by atoms with Gasteiger partial charge in [-0.2, -0.15) is 0 Å². The van der Waals surface area contributed by atoms with Gasteiger partial charge in [-0.25, -0.2) is 9.98 Å². The standard InChI is InChI=1S/C35H26N6/c1-24(9-7-19-36-2)30-17-15-26(22-38-30)34-28-11-3-5-13-32(28)41-35(29-12-4-6-14-33(29)40-34)27-16-18-31(39-23-27)25-10-8-20-37-21-25/h3-23H,2H2,1H3/b19-7-,24-9+,34-28?,35-29?,40-33?,40-34-,41-32?,41-35-. The van der Waals surface area contributed by atoms with Gasteiger partial charge in [-0.1, -0.05) is 42.5 Å². The molecule has 6 nitrogen and oxygen atoms in total. The lowest BCUT2D eigenvalue weighted by Crippen LogP contribution is -2.11. The predicted octanol–water partition coefficient (Wildman–Crippen LogP) is 7.81. The van der Waals surface area contributed by atoms with Gasteiger partial charge in [0.2, 0.25) is 0 Å². The number of fused-ring (bicyclic) bond motifs is 2. The van der Waals surface area contributed by atoms with E-state index in [-0.39, 0.29) is 0 Å². The summed E-state index contributed by atoms with van der Waals surface area (Å²) in [6, 6.07) is 28.2. The number of rotatable bonds is 6. The van der Waals surface area contributed by atoms with E-state index >= 15 is 0 Å². The van der Waals surface area contributed by atoms with Crippen LogP contribution < -0.4 is 0 Å². The number of benzene rings is 2. The molecule has 1 aliphatic heterocycles. The van der Waals surface area contributed by atoms with Crippen LogP contribution >= 0.6 is 0 Å². The van der Waals surface area contributed by atoms with Crippen LogP contribution in [0.25, 0.3) is 16.8 Å². The summed E-state index contributed by atoms with van der Waals surface area (Å²) in [6.45, 7) is 5.49. The van der Waals surface area contributed by atoms with Crippen LogP contribution in [-0.2, 0) is 0 Å². The van der Waals surface area contributed by atoms with Gasteiger partial charge in [0.15, 0.2) is 0 Å². The highest BCUT2D eigenvalue weighted by molar-refractivity contribution is 6.22. The molecule has 0 N–H and O–H groups in total. The highest BCUT2D eigenvalue weighted by atomic mass is 14.8. The Morgan fingerprint density at radius 1 is 0.683 bits per heavy atom. The lowest BCUT2D eigenvalue weighted by Gasteiger charge is -2.18. The second-order valence-electron chi connectivity index (χ2n) is 9.43. The normalized spacial score (nSPS) is 15.5. The molecule has 1 aliphatic rings. The van der Waals surface area contributed by atoms with Gasteiger partial charge in [0.05, 0.1) is 34.2 Å². The highest BCUT2D eigenvalue weighted by Gasteiger charge is 2.20. The van der Waals surface area contributed by atoms with Crippen LogP contribution in [0.4, 0.5) is 11.4 Å². The van der Waals surface area contributed by atoms with Crippen LogP contribution in [0.3, 0.4) is 0 Å². The number of aliphatic imine (C=N–C) groups is 3. The molecule has 0 fully saturated rings. The van der Waals surface area contributed by atoms with E-state index in [0.717, 1.165) is 67.6 Å². The zero-order valence-corrected chi connectivity index (χ0v) is 22.5. The quantitative estimate of drug-likeness (QED) is 0.163. The Kier molecular flexibility index (Phi) is 7.28. The molecule has 0 spiro atoms.